The lowest BCUT2D eigenvalue weighted by Crippen LogP contribution is -1.76. The number of pyridine rings is 1. The van der Waals surface area contributed by atoms with Gasteiger partial charge in [-0.2, -0.15) is 11.3 Å². The molecule has 0 amide bonds. The summed E-state index contributed by atoms with van der Waals surface area (Å²) in [5.41, 5.74) is 2.25. The Morgan fingerprint density at radius 3 is 2.67 bits per heavy atom. The molecule has 2 aromatic rings. The van der Waals surface area contributed by atoms with E-state index in [0.29, 0.717) is 0 Å². The van der Waals surface area contributed by atoms with Crippen LogP contribution in [0.3, 0.4) is 0 Å². The molecule has 0 saturated carbocycles. The zero-order chi connectivity index (χ0) is 7.52. The topological polar surface area (TPSA) is 12.9 Å². The number of rotatable bonds is 1. The average molecular weight is 198 g/mol. The maximum absolute atomic E-state index is 4.23. The van der Waals surface area contributed by atoms with Gasteiger partial charge in [-0.1, -0.05) is 6.07 Å². The van der Waals surface area contributed by atoms with E-state index in [1.165, 1.54) is 5.56 Å². The molecule has 0 fully saturated rings. The van der Waals surface area contributed by atoms with Gasteiger partial charge in [-0.15, -0.1) is 12.4 Å². The van der Waals surface area contributed by atoms with Gasteiger partial charge in [0.1, 0.15) is 0 Å². The van der Waals surface area contributed by atoms with Crippen LogP contribution in [0.25, 0.3) is 11.3 Å². The van der Waals surface area contributed by atoms with Gasteiger partial charge < -0.3 is 0 Å². The molecule has 62 valence electrons. The van der Waals surface area contributed by atoms with E-state index in [1.54, 1.807) is 11.3 Å². The molecule has 0 N–H and O–H groups in total. The Bertz CT molecular complexity index is 318. The first-order chi connectivity index (χ1) is 5.47. The lowest BCUT2D eigenvalue weighted by Gasteiger charge is -1.92. The molecule has 0 atom stereocenters. The summed E-state index contributed by atoms with van der Waals surface area (Å²) in [5.74, 6) is 0. The summed E-state index contributed by atoms with van der Waals surface area (Å²) in [5, 5.41) is 4.16. The van der Waals surface area contributed by atoms with Crippen molar-refractivity contribution in [1.82, 2.24) is 4.98 Å². The van der Waals surface area contributed by atoms with Crippen LogP contribution in [0, 0.1) is 0 Å². The van der Waals surface area contributed by atoms with Crippen LogP contribution in [0.2, 0.25) is 0 Å². The van der Waals surface area contributed by atoms with Crippen molar-refractivity contribution in [2.45, 2.75) is 0 Å². The molecular formula is C9H8ClNS. The Hall–Kier alpha value is -0.860. The van der Waals surface area contributed by atoms with Crippen molar-refractivity contribution in [3.05, 3.63) is 41.2 Å². The maximum atomic E-state index is 4.23. The molecule has 0 radical (unpaired) electrons. The molecule has 12 heavy (non-hydrogen) atoms. The summed E-state index contributed by atoms with van der Waals surface area (Å²) in [6, 6.07) is 8.02. The minimum absolute atomic E-state index is 0. The van der Waals surface area contributed by atoms with Gasteiger partial charge in [0.05, 0.1) is 5.69 Å². The van der Waals surface area contributed by atoms with E-state index in [1.807, 2.05) is 24.4 Å². The van der Waals surface area contributed by atoms with Crippen molar-refractivity contribution in [2.75, 3.05) is 0 Å². The molecule has 0 saturated heterocycles. The van der Waals surface area contributed by atoms with Gasteiger partial charge in [-0.25, -0.2) is 0 Å². The third-order valence-corrected chi connectivity index (χ3v) is 2.17. The van der Waals surface area contributed by atoms with Gasteiger partial charge in [0, 0.05) is 17.1 Å². The lowest BCUT2D eigenvalue weighted by molar-refractivity contribution is 1.33. The second kappa shape index (κ2) is 4.24. The summed E-state index contributed by atoms with van der Waals surface area (Å²) in [4.78, 5) is 4.23. The van der Waals surface area contributed by atoms with Gasteiger partial charge in [-0.05, 0) is 23.6 Å². The fourth-order valence-electron chi connectivity index (χ4n) is 0.944. The molecule has 0 bridgehead atoms. The third kappa shape index (κ3) is 1.84. The summed E-state index contributed by atoms with van der Waals surface area (Å²) in [7, 11) is 0. The molecule has 0 aliphatic rings. The average Bonchev–Trinajstić information content (AvgIpc) is 2.58. The Morgan fingerprint density at radius 1 is 1.17 bits per heavy atom. The summed E-state index contributed by atoms with van der Waals surface area (Å²) in [6.07, 6.45) is 1.81. The zero-order valence-corrected chi connectivity index (χ0v) is 7.94. The predicted molar refractivity (Wildman–Crippen MR) is 54.8 cm³/mol. The molecule has 2 aromatic heterocycles. The number of halogens is 1. The first kappa shape index (κ1) is 9.23. The van der Waals surface area contributed by atoms with Gasteiger partial charge in [-0.3, -0.25) is 4.98 Å². The summed E-state index contributed by atoms with van der Waals surface area (Å²) < 4.78 is 0. The van der Waals surface area contributed by atoms with E-state index >= 15 is 0 Å². The minimum atomic E-state index is 0. The number of nitrogens with zero attached hydrogens (tertiary/aromatic N) is 1. The maximum Gasteiger partial charge on any atom is 0.0710 e. The number of hydrogen-bond donors (Lipinski definition) is 0. The normalized spacial score (nSPS) is 9.00. The fourth-order valence-corrected chi connectivity index (χ4v) is 1.59. The Kier molecular flexibility index (Phi) is 3.26. The minimum Gasteiger partial charge on any atom is -0.256 e. The molecular weight excluding hydrogens is 190 g/mol. The van der Waals surface area contributed by atoms with Gasteiger partial charge in [0.2, 0.25) is 0 Å². The van der Waals surface area contributed by atoms with Gasteiger partial charge in [0.25, 0.3) is 0 Å². The second-order valence-electron chi connectivity index (χ2n) is 2.23. The SMILES string of the molecule is Cl.c1ccc(-c2ccsc2)nc1. The molecule has 0 aliphatic heterocycles. The lowest BCUT2D eigenvalue weighted by atomic mass is 10.2. The van der Waals surface area contributed by atoms with Crippen LogP contribution in [0.5, 0.6) is 0 Å². The van der Waals surface area contributed by atoms with Crippen LogP contribution in [-0.2, 0) is 0 Å². The van der Waals surface area contributed by atoms with Gasteiger partial charge in [0.15, 0.2) is 0 Å². The van der Waals surface area contributed by atoms with Crippen LogP contribution in [-0.4, -0.2) is 4.98 Å². The van der Waals surface area contributed by atoms with Crippen LogP contribution in [0.15, 0.2) is 41.2 Å². The fraction of sp³-hybridized carbons (Fsp3) is 0. The Balaban J connectivity index is 0.000000720. The Labute approximate surface area is 81.5 Å². The highest BCUT2D eigenvalue weighted by Gasteiger charge is 1.95. The second-order valence-corrected chi connectivity index (χ2v) is 3.01. The van der Waals surface area contributed by atoms with Gasteiger partial charge >= 0.3 is 0 Å². The van der Waals surface area contributed by atoms with E-state index in [9.17, 15) is 0 Å². The first-order valence-electron chi connectivity index (χ1n) is 3.40. The summed E-state index contributed by atoms with van der Waals surface area (Å²) >= 11 is 1.69. The molecule has 0 spiro atoms. The number of hydrogen-bond acceptors (Lipinski definition) is 2. The van der Waals surface area contributed by atoms with E-state index in [2.05, 4.69) is 21.8 Å². The van der Waals surface area contributed by atoms with Crippen LogP contribution in [0.4, 0.5) is 0 Å². The molecule has 2 heterocycles. The standard InChI is InChI=1S/C9H7NS.ClH/c1-2-5-10-9(3-1)8-4-6-11-7-8;/h1-7H;1H. The largest absolute Gasteiger partial charge is 0.256 e. The predicted octanol–water partition coefficient (Wildman–Crippen LogP) is 3.23. The molecule has 3 heteroatoms. The highest BCUT2D eigenvalue weighted by molar-refractivity contribution is 7.08. The smallest absolute Gasteiger partial charge is 0.0710 e. The highest BCUT2D eigenvalue weighted by atomic mass is 35.5. The van der Waals surface area contributed by atoms with E-state index in [-0.39, 0.29) is 12.4 Å². The monoisotopic (exact) mass is 197 g/mol. The Morgan fingerprint density at radius 2 is 2.08 bits per heavy atom. The molecule has 2 rings (SSSR count). The molecule has 0 aromatic carbocycles. The van der Waals surface area contributed by atoms with Crippen molar-refractivity contribution >= 4 is 23.7 Å². The van der Waals surface area contributed by atoms with Crippen molar-refractivity contribution < 1.29 is 0 Å². The van der Waals surface area contributed by atoms with Crippen molar-refractivity contribution in [3.8, 4) is 11.3 Å². The van der Waals surface area contributed by atoms with Crippen molar-refractivity contribution in [1.29, 1.82) is 0 Å². The molecule has 0 aliphatic carbocycles. The third-order valence-electron chi connectivity index (χ3n) is 1.48. The van der Waals surface area contributed by atoms with Crippen LogP contribution in [0.1, 0.15) is 0 Å². The van der Waals surface area contributed by atoms with Crippen molar-refractivity contribution in [3.63, 3.8) is 0 Å². The molecule has 0 unspecified atom stereocenters. The van der Waals surface area contributed by atoms with E-state index < -0.39 is 0 Å². The van der Waals surface area contributed by atoms with Crippen LogP contribution < -0.4 is 0 Å². The van der Waals surface area contributed by atoms with E-state index in [0.717, 1.165) is 5.69 Å². The quantitative estimate of drug-likeness (QED) is 0.684. The van der Waals surface area contributed by atoms with Crippen LogP contribution >= 0.6 is 23.7 Å². The first-order valence-corrected chi connectivity index (χ1v) is 4.35. The highest BCUT2D eigenvalue weighted by Crippen LogP contribution is 2.18. The number of thiophene rings is 1. The zero-order valence-electron chi connectivity index (χ0n) is 6.31. The van der Waals surface area contributed by atoms with E-state index in [4.69, 9.17) is 0 Å². The van der Waals surface area contributed by atoms with Crippen molar-refractivity contribution in [2.24, 2.45) is 0 Å². The summed E-state index contributed by atoms with van der Waals surface area (Å²) in [6.45, 7) is 0. The molecule has 1 nitrogen and oxygen atoms in total. The number of aromatic nitrogens is 1.